The highest BCUT2D eigenvalue weighted by atomic mass is 19.3. The SMILES string of the molecule is CCC1(n2cc(C(=O)O)c(=O)c3ccc(-c4ccc5c(c4)CN(C(=O)C(C)(C)C)C5C)c(OC(F)F)c32)CC1. The van der Waals surface area contributed by atoms with Crippen molar-refractivity contribution in [3.05, 3.63) is 63.4 Å². The summed E-state index contributed by atoms with van der Waals surface area (Å²) in [6.45, 7) is 6.76. The van der Waals surface area contributed by atoms with E-state index in [0.29, 0.717) is 24.1 Å². The second-order valence-electron chi connectivity index (χ2n) is 11.6. The lowest BCUT2D eigenvalue weighted by molar-refractivity contribution is -0.141. The molecular weight excluding hydrogens is 506 g/mol. The van der Waals surface area contributed by atoms with Gasteiger partial charge < -0.3 is 19.3 Å². The van der Waals surface area contributed by atoms with Crippen LogP contribution in [-0.4, -0.2) is 33.1 Å². The first-order valence-corrected chi connectivity index (χ1v) is 13.1. The first-order valence-electron chi connectivity index (χ1n) is 13.1. The highest BCUT2D eigenvalue weighted by Gasteiger charge is 2.44. The molecule has 1 N–H and O–H groups in total. The Kier molecular flexibility index (Phi) is 6.31. The first kappa shape index (κ1) is 26.8. The number of fused-ring (bicyclic) bond motifs is 2. The molecule has 1 fully saturated rings. The number of rotatable bonds is 6. The van der Waals surface area contributed by atoms with Crippen LogP contribution in [-0.2, 0) is 16.9 Å². The van der Waals surface area contributed by atoms with E-state index in [1.807, 2.05) is 51.7 Å². The number of hydrogen-bond donors (Lipinski definition) is 1. The minimum atomic E-state index is -3.16. The van der Waals surface area contributed by atoms with E-state index in [-0.39, 0.29) is 28.6 Å². The van der Waals surface area contributed by atoms with Crippen molar-refractivity contribution < 1.29 is 28.2 Å². The summed E-state index contributed by atoms with van der Waals surface area (Å²) in [5.74, 6) is -1.51. The monoisotopic (exact) mass is 538 g/mol. The fourth-order valence-corrected chi connectivity index (χ4v) is 5.75. The van der Waals surface area contributed by atoms with Crippen LogP contribution in [0.3, 0.4) is 0 Å². The maximum absolute atomic E-state index is 13.9. The van der Waals surface area contributed by atoms with Gasteiger partial charge in [-0.2, -0.15) is 8.78 Å². The van der Waals surface area contributed by atoms with Gasteiger partial charge in [0.25, 0.3) is 0 Å². The van der Waals surface area contributed by atoms with Gasteiger partial charge in [0.05, 0.1) is 16.9 Å². The summed E-state index contributed by atoms with van der Waals surface area (Å²) >= 11 is 0. The third-order valence-electron chi connectivity index (χ3n) is 8.17. The maximum atomic E-state index is 13.9. The minimum Gasteiger partial charge on any atom is -0.477 e. The lowest BCUT2D eigenvalue weighted by Crippen LogP contribution is -2.37. The van der Waals surface area contributed by atoms with Gasteiger partial charge in [0.1, 0.15) is 5.56 Å². The molecule has 2 aliphatic rings. The van der Waals surface area contributed by atoms with Gasteiger partial charge >= 0.3 is 12.6 Å². The molecule has 1 aliphatic heterocycles. The van der Waals surface area contributed by atoms with E-state index in [9.17, 15) is 28.3 Å². The summed E-state index contributed by atoms with van der Waals surface area (Å²) in [5.41, 5.74) is 0.848. The zero-order valence-electron chi connectivity index (χ0n) is 22.7. The van der Waals surface area contributed by atoms with Gasteiger partial charge in [-0.1, -0.05) is 39.8 Å². The van der Waals surface area contributed by atoms with Crippen molar-refractivity contribution in [2.45, 2.75) is 78.6 Å². The zero-order chi connectivity index (χ0) is 28.4. The van der Waals surface area contributed by atoms with Crippen molar-refractivity contribution in [3.63, 3.8) is 0 Å². The van der Waals surface area contributed by atoms with Gasteiger partial charge in [-0.3, -0.25) is 9.59 Å². The predicted molar refractivity (Wildman–Crippen MR) is 143 cm³/mol. The molecule has 5 rings (SSSR count). The number of benzene rings is 2. The number of ether oxygens (including phenoxy) is 1. The number of halogens is 2. The van der Waals surface area contributed by atoms with Crippen molar-refractivity contribution in [2.75, 3.05) is 0 Å². The second kappa shape index (κ2) is 9.17. The molecule has 0 radical (unpaired) electrons. The number of carbonyl (C=O) groups excluding carboxylic acids is 1. The molecule has 9 heteroatoms. The molecule has 1 saturated carbocycles. The van der Waals surface area contributed by atoms with E-state index in [1.165, 1.54) is 18.3 Å². The van der Waals surface area contributed by atoms with E-state index in [0.717, 1.165) is 24.0 Å². The fraction of sp³-hybridized carbons (Fsp3) is 0.433. The Hall–Kier alpha value is -3.75. The summed E-state index contributed by atoms with van der Waals surface area (Å²) in [4.78, 5) is 39.9. The van der Waals surface area contributed by atoms with Gasteiger partial charge in [0.15, 0.2) is 5.75 Å². The average Bonchev–Trinajstić information content (AvgIpc) is 3.60. The molecule has 1 unspecified atom stereocenters. The summed E-state index contributed by atoms with van der Waals surface area (Å²) < 4.78 is 34.5. The number of aromatic nitrogens is 1. The third kappa shape index (κ3) is 4.37. The molecule has 3 aromatic rings. The normalized spacial score (nSPS) is 17.9. The molecule has 1 aromatic heterocycles. The summed E-state index contributed by atoms with van der Waals surface area (Å²) in [5, 5.41) is 9.70. The van der Waals surface area contributed by atoms with Crippen LogP contribution < -0.4 is 10.2 Å². The predicted octanol–water partition coefficient (Wildman–Crippen LogP) is 6.32. The minimum absolute atomic E-state index is 0.0192. The van der Waals surface area contributed by atoms with Crippen LogP contribution in [0.25, 0.3) is 22.0 Å². The molecule has 0 bridgehead atoms. The highest BCUT2D eigenvalue weighted by molar-refractivity contribution is 5.98. The lowest BCUT2D eigenvalue weighted by atomic mass is 9.94. The molecule has 0 saturated heterocycles. The molecule has 206 valence electrons. The number of carboxylic acids is 1. The van der Waals surface area contributed by atoms with E-state index < -0.39 is 34.5 Å². The van der Waals surface area contributed by atoms with Gasteiger partial charge in [-0.05, 0) is 61.1 Å². The number of pyridine rings is 1. The third-order valence-corrected chi connectivity index (χ3v) is 8.17. The number of amides is 1. The van der Waals surface area contributed by atoms with Crippen LogP contribution in [0.2, 0.25) is 0 Å². The Labute approximate surface area is 225 Å². The summed E-state index contributed by atoms with van der Waals surface area (Å²) in [6.07, 6.45) is 3.36. The first-order chi connectivity index (χ1) is 18.3. The van der Waals surface area contributed by atoms with Crippen LogP contribution in [0.1, 0.15) is 81.4 Å². The quantitative estimate of drug-likeness (QED) is 0.397. The number of hydrogen-bond acceptors (Lipinski definition) is 4. The second-order valence-corrected chi connectivity index (χ2v) is 11.6. The molecule has 1 atom stereocenters. The standard InChI is InChI=1S/C30H32F2N2O5/c1-6-30(11-12-30)34-15-22(26(36)37)24(35)21-10-9-20(25(23(21)34)39-28(31)32)17-7-8-19-16(2)33(14-18(19)13-17)27(38)29(3,4)5/h7-10,13,15-16,28H,6,11-12,14H2,1-5H3,(H,36,37). The molecule has 1 aliphatic carbocycles. The Balaban J connectivity index is 1.73. The van der Waals surface area contributed by atoms with E-state index in [4.69, 9.17) is 4.74 Å². The molecule has 39 heavy (non-hydrogen) atoms. The molecule has 7 nitrogen and oxygen atoms in total. The van der Waals surface area contributed by atoms with Crippen molar-refractivity contribution in [2.24, 2.45) is 5.41 Å². The molecular formula is C30H32F2N2O5. The smallest absolute Gasteiger partial charge is 0.387 e. The topological polar surface area (TPSA) is 88.8 Å². The fourth-order valence-electron chi connectivity index (χ4n) is 5.75. The Morgan fingerprint density at radius 3 is 2.44 bits per heavy atom. The van der Waals surface area contributed by atoms with Crippen molar-refractivity contribution in [1.82, 2.24) is 9.47 Å². The number of carboxylic acid groups (broad SMARTS) is 1. The van der Waals surface area contributed by atoms with E-state index in [1.54, 1.807) is 10.6 Å². The molecule has 2 heterocycles. The largest absolute Gasteiger partial charge is 0.477 e. The number of carbonyl (C=O) groups is 2. The van der Waals surface area contributed by atoms with Gasteiger partial charge in [-0.25, -0.2) is 4.79 Å². The van der Waals surface area contributed by atoms with Crippen LogP contribution >= 0.6 is 0 Å². The zero-order valence-corrected chi connectivity index (χ0v) is 22.7. The van der Waals surface area contributed by atoms with Crippen molar-refractivity contribution in [3.8, 4) is 16.9 Å². The van der Waals surface area contributed by atoms with Gasteiger partial charge in [-0.15, -0.1) is 0 Å². The molecule has 2 aromatic carbocycles. The van der Waals surface area contributed by atoms with Crippen LogP contribution in [0.15, 0.2) is 41.3 Å². The van der Waals surface area contributed by atoms with E-state index in [2.05, 4.69) is 0 Å². The van der Waals surface area contributed by atoms with Crippen LogP contribution in [0, 0.1) is 5.41 Å². The van der Waals surface area contributed by atoms with Crippen LogP contribution in [0.5, 0.6) is 5.75 Å². The van der Waals surface area contributed by atoms with Crippen molar-refractivity contribution >= 4 is 22.8 Å². The van der Waals surface area contributed by atoms with Crippen LogP contribution in [0.4, 0.5) is 8.78 Å². The Morgan fingerprint density at radius 1 is 1.18 bits per heavy atom. The average molecular weight is 539 g/mol. The lowest BCUT2D eigenvalue weighted by Gasteiger charge is -2.29. The van der Waals surface area contributed by atoms with Crippen molar-refractivity contribution in [1.29, 1.82) is 0 Å². The summed E-state index contributed by atoms with van der Waals surface area (Å²) in [7, 11) is 0. The number of aromatic carboxylic acids is 1. The molecule has 0 spiro atoms. The van der Waals surface area contributed by atoms with E-state index >= 15 is 0 Å². The summed E-state index contributed by atoms with van der Waals surface area (Å²) in [6, 6.07) is 8.47. The maximum Gasteiger partial charge on any atom is 0.387 e. The highest BCUT2D eigenvalue weighted by Crippen LogP contribution is 2.50. The molecule has 1 amide bonds. The number of nitrogens with zero attached hydrogens (tertiary/aromatic N) is 2. The Bertz CT molecular complexity index is 1570. The number of alkyl halides is 2. The Morgan fingerprint density at radius 2 is 1.87 bits per heavy atom. The van der Waals surface area contributed by atoms with Gasteiger partial charge in [0.2, 0.25) is 11.3 Å². The van der Waals surface area contributed by atoms with Gasteiger partial charge in [0, 0.05) is 29.3 Å².